The number of hydrogen-bond acceptors (Lipinski definition) is 8. The van der Waals surface area contributed by atoms with Gasteiger partial charge in [-0.2, -0.15) is 0 Å². The zero-order chi connectivity index (χ0) is 25.2. The van der Waals surface area contributed by atoms with Crippen LogP contribution in [0.5, 0.6) is 0 Å². The van der Waals surface area contributed by atoms with Crippen molar-refractivity contribution in [2.24, 2.45) is 16.8 Å². The van der Waals surface area contributed by atoms with Crippen LogP contribution in [-0.2, 0) is 28.7 Å². The maximum absolute atomic E-state index is 12.1. The zero-order valence-electron chi connectivity index (χ0n) is 19.8. The van der Waals surface area contributed by atoms with E-state index in [2.05, 4.69) is 15.3 Å². The number of hydrogen-bond donors (Lipinski definition) is 2. The quantitative estimate of drug-likeness (QED) is 0.0936. The third-order valence-electron chi connectivity index (χ3n) is 5.74. The van der Waals surface area contributed by atoms with E-state index >= 15 is 0 Å². The Labute approximate surface area is 200 Å². The van der Waals surface area contributed by atoms with Crippen molar-refractivity contribution in [1.82, 2.24) is 5.32 Å². The predicted molar refractivity (Wildman–Crippen MR) is 125 cm³/mol. The van der Waals surface area contributed by atoms with Gasteiger partial charge in [0.05, 0.1) is 19.3 Å². The molecule has 190 valence electrons. The Bertz CT molecular complexity index is 750. The van der Waals surface area contributed by atoms with Crippen LogP contribution in [0.3, 0.4) is 0 Å². The lowest BCUT2D eigenvalue weighted by molar-refractivity contribution is -0.139. The standard InChI is InChI=1S/C23H37N5O6/c24-20(7-3-1-2-5-18(29)10-13-34-14-12-27-28-25)23(33)26-11-4-6-19(30)15-17-8-9-21(31)22(32)16-17/h17,20H,1-16,24H2,(H,26,33). The highest BCUT2D eigenvalue weighted by molar-refractivity contribution is 6.37. The van der Waals surface area contributed by atoms with Crippen LogP contribution in [0, 0.1) is 5.92 Å². The number of amides is 1. The lowest BCUT2D eigenvalue weighted by Crippen LogP contribution is -2.41. The van der Waals surface area contributed by atoms with Crippen molar-refractivity contribution in [2.75, 3.05) is 26.3 Å². The van der Waals surface area contributed by atoms with Crippen LogP contribution in [-0.4, -0.2) is 61.4 Å². The first-order valence-corrected chi connectivity index (χ1v) is 12.0. The fraction of sp³-hybridized carbons (Fsp3) is 0.783. The highest BCUT2D eigenvalue weighted by atomic mass is 16.5. The molecular weight excluding hydrogens is 442 g/mol. The van der Waals surface area contributed by atoms with Crippen molar-refractivity contribution in [3.05, 3.63) is 10.4 Å². The van der Waals surface area contributed by atoms with Crippen molar-refractivity contribution in [1.29, 1.82) is 0 Å². The number of nitrogens with two attached hydrogens (primary N) is 1. The Morgan fingerprint density at radius 3 is 2.56 bits per heavy atom. The first-order chi connectivity index (χ1) is 16.3. The number of carbonyl (C=O) groups is 5. The SMILES string of the molecule is [N-]=[N+]=NCCOCCC(=O)CCCCCC(N)C(=O)NCCCC(=O)CC1CCC(=O)C(=O)C1. The van der Waals surface area contributed by atoms with Crippen LogP contribution in [0.15, 0.2) is 5.11 Å². The Balaban J connectivity index is 2.00. The highest BCUT2D eigenvalue weighted by Gasteiger charge is 2.27. The van der Waals surface area contributed by atoms with Gasteiger partial charge in [0.25, 0.3) is 0 Å². The second-order valence-electron chi connectivity index (χ2n) is 8.65. The lowest BCUT2D eigenvalue weighted by atomic mass is 9.84. The van der Waals surface area contributed by atoms with Crippen LogP contribution in [0.4, 0.5) is 0 Å². The Kier molecular flexibility index (Phi) is 15.4. The molecule has 1 aliphatic carbocycles. The number of rotatable bonds is 19. The van der Waals surface area contributed by atoms with E-state index in [1.165, 1.54) is 0 Å². The average molecular weight is 480 g/mol. The van der Waals surface area contributed by atoms with E-state index < -0.39 is 6.04 Å². The Morgan fingerprint density at radius 2 is 1.82 bits per heavy atom. The van der Waals surface area contributed by atoms with Gasteiger partial charge in [0.2, 0.25) is 5.91 Å². The average Bonchev–Trinajstić information content (AvgIpc) is 2.81. The van der Waals surface area contributed by atoms with Gasteiger partial charge in [-0.15, -0.1) is 0 Å². The molecule has 0 bridgehead atoms. The van der Waals surface area contributed by atoms with Gasteiger partial charge < -0.3 is 15.8 Å². The molecule has 0 aromatic heterocycles. The monoisotopic (exact) mass is 479 g/mol. The fourth-order valence-corrected chi connectivity index (χ4v) is 3.74. The molecule has 1 aliphatic rings. The number of ether oxygens (including phenoxy) is 1. The maximum atomic E-state index is 12.1. The summed E-state index contributed by atoms with van der Waals surface area (Å²) < 4.78 is 5.20. The van der Waals surface area contributed by atoms with Crippen molar-refractivity contribution < 1.29 is 28.7 Å². The number of ketones is 4. The first-order valence-electron chi connectivity index (χ1n) is 12.0. The molecule has 0 aromatic carbocycles. The number of unbranched alkanes of at least 4 members (excludes halogenated alkanes) is 2. The summed E-state index contributed by atoms with van der Waals surface area (Å²) in [6.07, 6.45) is 5.71. The third kappa shape index (κ3) is 13.8. The largest absolute Gasteiger partial charge is 0.381 e. The molecule has 1 saturated carbocycles. The summed E-state index contributed by atoms with van der Waals surface area (Å²) in [6.45, 7) is 1.24. The Hall–Kier alpha value is -2.62. The minimum absolute atomic E-state index is 0.0416. The van der Waals surface area contributed by atoms with Crippen LogP contribution in [0.25, 0.3) is 10.4 Å². The number of Topliss-reactive ketones (excluding diaryl/α,β-unsaturated/α-hetero) is 4. The van der Waals surface area contributed by atoms with Gasteiger partial charge in [0.15, 0.2) is 11.6 Å². The minimum Gasteiger partial charge on any atom is -0.381 e. The van der Waals surface area contributed by atoms with E-state index in [1.807, 2.05) is 0 Å². The van der Waals surface area contributed by atoms with Gasteiger partial charge in [-0.1, -0.05) is 18.0 Å². The summed E-state index contributed by atoms with van der Waals surface area (Å²) in [6, 6.07) is -0.623. The summed E-state index contributed by atoms with van der Waals surface area (Å²) in [7, 11) is 0. The zero-order valence-corrected chi connectivity index (χ0v) is 19.8. The van der Waals surface area contributed by atoms with Crippen molar-refractivity contribution in [3.63, 3.8) is 0 Å². The smallest absolute Gasteiger partial charge is 0.236 e. The summed E-state index contributed by atoms with van der Waals surface area (Å²) in [4.78, 5) is 61.2. The van der Waals surface area contributed by atoms with E-state index in [4.69, 9.17) is 16.0 Å². The second kappa shape index (κ2) is 17.8. The maximum Gasteiger partial charge on any atom is 0.236 e. The van der Waals surface area contributed by atoms with Crippen LogP contribution < -0.4 is 11.1 Å². The molecule has 1 fully saturated rings. The summed E-state index contributed by atoms with van der Waals surface area (Å²) in [5.74, 6) is -0.846. The molecule has 2 unspecified atom stereocenters. The number of carbonyl (C=O) groups excluding carboxylic acids is 5. The van der Waals surface area contributed by atoms with E-state index in [0.717, 1.165) is 19.3 Å². The van der Waals surface area contributed by atoms with E-state index in [9.17, 15) is 24.0 Å². The summed E-state index contributed by atoms with van der Waals surface area (Å²) in [5.41, 5.74) is 14.0. The molecule has 0 aromatic rings. The van der Waals surface area contributed by atoms with Crippen molar-refractivity contribution in [2.45, 2.75) is 83.1 Å². The molecule has 0 heterocycles. The number of nitrogens with zero attached hydrogens (tertiary/aromatic N) is 3. The van der Waals surface area contributed by atoms with Crippen LogP contribution in [0.2, 0.25) is 0 Å². The molecular formula is C23H37N5O6. The normalized spacial score (nSPS) is 16.6. The van der Waals surface area contributed by atoms with Crippen LogP contribution in [0.1, 0.15) is 77.0 Å². The van der Waals surface area contributed by atoms with E-state index in [0.29, 0.717) is 64.7 Å². The number of nitrogens with one attached hydrogen (secondary N) is 1. The highest BCUT2D eigenvalue weighted by Crippen LogP contribution is 2.23. The molecule has 34 heavy (non-hydrogen) atoms. The van der Waals surface area contributed by atoms with Crippen molar-refractivity contribution >= 4 is 29.0 Å². The molecule has 1 rings (SSSR count). The van der Waals surface area contributed by atoms with Crippen molar-refractivity contribution in [3.8, 4) is 0 Å². The molecule has 11 nitrogen and oxygen atoms in total. The van der Waals surface area contributed by atoms with Gasteiger partial charge in [0.1, 0.15) is 11.6 Å². The van der Waals surface area contributed by atoms with Crippen LogP contribution >= 0.6 is 0 Å². The predicted octanol–water partition coefficient (Wildman–Crippen LogP) is 2.34. The summed E-state index contributed by atoms with van der Waals surface area (Å²) in [5, 5.41) is 6.08. The molecule has 3 N–H and O–H groups in total. The molecule has 2 atom stereocenters. The Morgan fingerprint density at radius 1 is 1.06 bits per heavy atom. The van der Waals surface area contributed by atoms with E-state index in [1.54, 1.807) is 0 Å². The molecule has 11 heteroatoms. The van der Waals surface area contributed by atoms with Gasteiger partial charge in [-0.3, -0.25) is 24.0 Å². The van der Waals surface area contributed by atoms with Gasteiger partial charge in [-0.25, -0.2) is 0 Å². The summed E-state index contributed by atoms with van der Waals surface area (Å²) >= 11 is 0. The van der Waals surface area contributed by atoms with E-state index in [-0.39, 0.29) is 54.3 Å². The van der Waals surface area contributed by atoms with Gasteiger partial charge in [0, 0.05) is 56.5 Å². The lowest BCUT2D eigenvalue weighted by Gasteiger charge is -2.19. The molecule has 0 saturated heterocycles. The molecule has 0 spiro atoms. The topological polar surface area (TPSA) is 181 Å². The molecule has 1 amide bonds. The minimum atomic E-state index is -0.623. The third-order valence-corrected chi connectivity index (χ3v) is 5.74. The second-order valence-corrected chi connectivity index (χ2v) is 8.65. The fourth-order valence-electron chi connectivity index (χ4n) is 3.74. The molecule has 0 aliphatic heterocycles. The van der Waals surface area contributed by atoms with Gasteiger partial charge >= 0.3 is 0 Å². The molecule has 0 radical (unpaired) electrons. The first kappa shape index (κ1) is 29.4. The van der Waals surface area contributed by atoms with Gasteiger partial charge in [-0.05, 0) is 37.1 Å². The number of azide groups is 1.